The number of hydrogen-bond acceptors (Lipinski definition) is 5. The minimum absolute atomic E-state index is 0.158. The lowest BCUT2D eigenvalue weighted by atomic mass is 10.2. The van der Waals surface area contributed by atoms with E-state index in [-0.39, 0.29) is 11.0 Å². The van der Waals surface area contributed by atoms with E-state index in [0.29, 0.717) is 17.2 Å². The molecular weight excluding hydrogens is 336 g/mol. The molecule has 2 aromatic carbocycles. The van der Waals surface area contributed by atoms with Gasteiger partial charge in [-0.05, 0) is 36.4 Å². The number of primary amides is 1. The molecule has 0 spiro atoms. The van der Waals surface area contributed by atoms with E-state index in [0.717, 1.165) is 5.75 Å². The maximum Gasteiger partial charge on any atom is 0.419 e. The minimum atomic E-state index is -0.553. The quantitative estimate of drug-likeness (QED) is 0.577. The van der Waals surface area contributed by atoms with Crippen LogP contribution in [0.1, 0.15) is 0 Å². The molecule has 140 valence electrons. The molecule has 0 fully saturated rings. The van der Waals surface area contributed by atoms with Crippen molar-refractivity contribution in [2.75, 3.05) is 34.9 Å². The number of ether oxygens (including phenoxy) is 4. The Bertz CT molecular complexity index is 714. The number of hydrogen-bond donors (Lipinski definition) is 1. The smallest absolute Gasteiger partial charge is 0.419 e. The van der Waals surface area contributed by atoms with Crippen molar-refractivity contribution in [3.8, 4) is 17.2 Å². The van der Waals surface area contributed by atoms with Gasteiger partial charge in [-0.2, -0.15) is 0 Å². The highest BCUT2D eigenvalue weighted by Gasteiger charge is 2.35. The predicted molar refractivity (Wildman–Crippen MR) is 99.5 cm³/mol. The summed E-state index contributed by atoms with van der Waals surface area (Å²) in [5.74, 6) is 2.09. The van der Waals surface area contributed by atoms with E-state index < -0.39 is 12.3 Å². The first kappa shape index (κ1) is 19.7. The highest BCUT2D eigenvalue weighted by molar-refractivity contribution is 5.85. The average Bonchev–Trinajstić information content (AvgIpc) is 2.67. The normalized spacial score (nSPS) is 13.3. The molecule has 1 atom stereocenters. The van der Waals surface area contributed by atoms with Gasteiger partial charge in [-0.15, -0.1) is 0 Å². The number of carbonyl (C=O) groups excluding carboxylic acids is 1. The van der Waals surface area contributed by atoms with Crippen molar-refractivity contribution < 1.29 is 23.7 Å². The summed E-state index contributed by atoms with van der Waals surface area (Å²) in [6.45, 7) is 0.251. The Balaban J connectivity index is 2.18. The van der Waals surface area contributed by atoms with Gasteiger partial charge in [0.1, 0.15) is 29.5 Å². The number of amides is 2. The van der Waals surface area contributed by atoms with E-state index in [1.807, 2.05) is 24.3 Å². The van der Waals surface area contributed by atoms with E-state index in [1.165, 1.54) is 14.2 Å². The first-order valence-corrected chi connectivity index (χ1v) is 8.06. The van der Waals surface area contributed by atoms with E-state index in [4.69, 9.17) is 24.7 Å². The van der Waals surface area contributed by atoms with Crippen LogP contribution < -0.4 is 19.7 Å². The fourth-order valence-corrected chi connectivity index (χ4v) is 2.49. The molecule has 2 rings (SSSR count). The molecule has 0 bridgehead atoms. The summed E-state index contributed by atoms with van der Waals surface area (Å²) >= 11 is 0. The Hall–Kier alpha value is -2.61. The van der Waals surface area contributed by atoms with Crippen molar-refractivity contribution >= 4 is 11.7 Å². The van der Waals surface area contributed by atoms with Gasteiger partial charge in [0.05, 0.1) is 14.2 Å². The number of quaternary nitrogens is 1. The fourth-order valence-electron chi connectivity index (χ4n) is 2.49. The molecule has 2 aromatic rings. The molecule has 2 amide bonds. The number of likely N-dealkylation sites (N-methyl/N-ethyl adjacent to an activating group) is 1. The Morgan fingerprint density at radius 2 is 1.38 bits per heavy atom. The van der Waals surface area contributed by atoms with Crippen LogP contribution in [-0.2, 0) is 9.47 Å². The zero-order chi connectivity index (χ0) is 19.2. The number of rotatable bonds is 8. The van der Waals surface area contributed by atoms with Gasteiger partial charge >= 0.3 is 6.03 Å². The number of urea groups is 1. The summed E-state index contributed by atoms with van der Waals surface area (Å²) in [5, 5.41) is 0. The van der Waals surface area contributed by atoms with Crippen molar-refractivity contribution in [1.82, 2.24) is 4.48 Å². The Morgan fingerprint density at radius 1 is 0.923 bits per heavy atom. The summed E-state index contributed by atoms with van der Waals surface area (Å²) < 4.78 is 21.2. The van der Waals surface area contributed by atoms with Crippen molar-refractivity contribution in [3.63, 3.8) is 0 Å². The third kappa shape index (κ3) is 4.51. The zero-order valence-electron chi connectivity index (χ0n) is 15.5. The summed E-state index contributed by atoms with van der Waals surface area (Å²) in [5.41, 5.74) is 6.34. The van der Waals surface area contributed by atoms with Crippen LogP contribution in [0.15, 0.2) is 48.5 Å². The van der Waals surface area contributed by atoms with Gasteiger partial charge in [-0.3, -0.25) is 0 Å². The molecule has 7 nitrogen and oxygen atoms in total. The highest BCUT2D eigenvalue weighted by Crippen LogP contribution is 2.28. The first-order valence-electron chi connectivity index (χ1n) is 8.06. The minimum Gasteiger partial charge on any atom is -0.497 e. The van der Waals surface area contributed by atoms with Crippen molar-refractivity contribution in [1.29, 1.82) is 0 Å². The maximum absolute atomic E-state index is 12.1. The third-order valence-corrected chi connectivity index (χ3v) is 4.23. The van der Waals surface area contributed by atoms with Gasteiger partial charge in [0.15, 0.2) is 0 Å². The second-order valence-electron chi connectivity index (χ2n) is 5.88. The molecule has 0 heterocycles. The van der Waals surface area contributed by atoms with Crippen molar-refractivity contribution in [2.45, 2.75) is 6.29 Å². The molecule has 7 heteroatoms. The van der Waals surface area contributed by atoms with Gasteiger partial charge < -0.3 is 24.7 Å². The standard InChI is InChI=1S/C19H24N2O5/c1-21(19(20)22,13-18(24-3)25-4)14-5-7-16(8-6-14)26-17-11-9-15(23-2)10-12-17/h5-12,18H,13H2,1-4H3,(H-,20,22)/p+1. The van der Waals surface area contributed by atoms with E-state index in [9.17, 15) is 4.79 Å². The monoisotopic (exact) mass is 361 g/mol. The van der Waals surface area contributed by atoms with Crippen LogP contribution in [0.3, 0.4) is 0 Å². The Labute approximate surface area is 153 Å². The molecule has 2 N–H and O–H groups in total. The molecule has 26 heavy (non-hydrogen) atoms. The largest absolute Gasteiger partial charge is 0.497 e. The van der Waals surface area contributed by atoms with Gasteiger partial charge in [0.2, 0.25) is 6.29 Å². The van der Waals surface area contributed by atoms with Crippen LogP contribution in [0.5, 0.6) is 17.2 Å². The van der Waals surface area contributed by atoms with Gasteiger partial charge in [0.25, 0.3) is 0 Å². The average molecular weight is 361 g/mol. The lowest BCUT2D eigenvalue weighted by molar-refractivity contribution is -0.108. The van der Waals surface area contributed by atoms with Gasteiger partial charge in [0, 0.05) is 26.4 Å². The number of benzene rings is 2. The van der Waals surface area contributed by atoms with Crippen LogP contribution in [0.2, 0.25) is 0 Å². The van der Waals surface area contributed by atoms with Crippen LogP contribution in [0.4, 0.5) is 10.5 Å². The number of nitrogens with two attached hydrogens (primary N) is 1. The SMILES string of the molecule is COc1ccc(Oc2ccc([N+](C)(CC(OC)OC)C(N)=O)cc2)cc1. The predicted octanol–water partition coefficient (Wildman–Crippen LogP) is 3.12. The number of methoxy groups -OCH3 is 3. The Morgan fingerprint density at radius 3 is 1.81 bits per heavy atom. The molecule has 0 radical (unpaired) electrons. The molecule has 0 aliphatic carbocycles. The summed E-state index contributed by atoms with van der Waals surface area (Å²) in [4.78, 5) is 12.1. The topological polar surface area (TPSA) is 80.0 Å². The van der Waals surface area contributed by atoms with Crippen LogP contribution in [0.25, 0.3) is 0 Å². The lowest BCUT2D eigenvalue weighted by Crippen LogP contribution is -2.57. The maximum atomic E-state index is 12.1. The fraction of sp³-hybridized carbons (Fsp3) is 0.316. The summed E-state index contributed by atoms with van der Waals surface area (Å²) in [6, 6.07) is 13.9. The first-order chi connectivity index (χ1) is 12.4. The lowest BCUT2D eigenvalue weighted by Gasteiger charge is -2.31. The van der Waals surface area contributed by atoms with Crippen molar-refractivity contribution in [3.05, 3.63) is 48.5 Å². The molecule has 0 aliphatic rings. The zero-order valence-corrected chi connectivity index (χ0v) is 15.5. The second kappa shape index (κ2) is 8.66. The third-order valence-electron chi connectivity index (χ3n) is 4.23. The van der Waals surface area contributed by atoms with E-state index >= 15 is 0 Å². The van der Waals surface area contributed by atoms with Crippen LogP contribution in [0, 0.1) is 0 Å². The Kier molecular flexibility index (Phi) is 6.57. The molecule has 0 aliphatic heterocycles. The summed E-state index contributed by atoms with van der Waals surface area (Å²) in [6.07, 6.45) is -0.553. The van der Waals surface area contributed by atoms with Crippen molar-refractivity contribution in [2.24, 2.45) is 5.73 Å². The molecule has 0 saturated heterocycles. The van der Waals surface area contributed by atoms with Crippen LogP contribution in [-0.4, -0.2) is 47.2 Å². The van der Waals surface area contributed by atoms with Crippen LogP contribution >= 0.6 is 0 Å². The van der Waals surface area contributed by atoms with E-state index in [2.05, 4.69) is 0 Å². The number of nitrogens with zero attached hydrogens (tertiary/aromatic N) is 1. The van der Waals surface area contributed by atoms with Gasteiger partial charge in [-0.25, -0.2) is 9.28 Å². The number of carbonyl (C=O) groups is 1. The summed E-state index contributed by atoms with van der Waals surface area (Å²) in [7, 11) is 6.36. The highest BCUT2D eigenvalue weighted by atomic mass is 16.7. The molecule has 0 aromatic heterocycles. The molecular formula is C19H25N2O5+. The second-order valence-corrected chi connectivity index (χ2v) is 5.88. The van der Waals surface area contributed by atoms with Gasteiger partial charge in [-0.1, -0.05) is 0 Å². The molecule has 0 saturated carbocycles. The van der Waals surface area contributed by atoms with E-state index in [1.54, 1.807) is 38.4 Å². The molecule has 1 unspecified atom stereocenters.